The van der Waals surface area contributed by atoms with E-state index < -0.39 is 10.0 Å². The van der Waals surface area contributed by atoms with Crippen LogP contribution in [0.1, 0.15) is 12.8 Å². The Morgan fingerprint density at radius 3 is 2.71 bits per heavy atom. The smallest absolute Gasteiger partial charge is 0.207 e. The topological polar surface area (TPSA) is 37.4 Å². The summed E-state index contributed by atoms with van der Waals surface area (Å²) >= 11 is 5.92. The average Bonchev–Trinajstić information content (AvgIpc) is 2.54. The van der Waals surface area contributed by atoms with Gasteiger partial charge >= 0.3 is 0 Å². The monoisotopic (exact) mass is 323 g/mol. The minimum absolute atomic E-state index is 0.255. The minimum Gasteiger partial charge on any atom is -0.207 e. The average molecular weight is 324 g/mol. The molecule has 21 heavy (non-hydrogen) atoms. The van der Waals surface area contributed by atoms with Crippen LogP contribution in [0.25, 0.3) is 10.8 Å². The van der Waals surface area contributed by atoms with Gasteiger partial charge in [0.05, 0.1) is 4.90 Å². The third-order valence-electron chi connectivity index (χ3n) is 4.07. The van der Waals surface area contributed by atoms with E-state index in [1.165, 1.54) is 0 Å². The first-order valence-corrected chi connectivity index (χ1v) is 9.14. The third-order valence-corrected chi connectivity index (χ3v) is 6.43. The zero-order valence-electron chi connectivity index (χ0n) is 11.7. The Bertz CT molecular complexity index is 740. The van der Waals surface area contributed by atoms with Crippen LogP contribution in [-0.2, 0) is 10.0 Å². The van der Waals surface area contributed by atoms with Crippen LogP contribution >= 0.6 is 11.6 Å². The summed E-state index contributed by atoms with van der Waals surface area (Å²) in [6.45, 7) is 1.11. The fraction of sp³-hybridized carbons (Fsp3) is 0.375. The second kappa shape index (κ2) is 5.95. The van der Waals surface area contributed by atoms with Crippen molar-refractivity contribution in [2.45, 2.75) is 17.7 Å². The summed E-state index contributed by atoms with van der Waals surface area (Å²) in [4.78, 5) is 0.399. The zero-order valence-corrected chi connectivity index (χ0v) is 13.3. The zero-order chi connectivity index (χ0) is 14.9. The van der Waals surface area contributed by atoms with Crippen LogP contribution in [-0.4, -0.2) is 31.7 Å². The van der Waals surface area contributed by atoms with Crippen molar-refractivity contribution in [1.29, 1.82) is 0 Å². The molecule has 112 valence electrons. The summed E-state index contributed by atoms with van der Waals surface area (Å²) in [5, 5.41) is 1.73. The van der Waals surface area contributed by atoms with E-state index in [4.69, 9.17) is 11.6 Å². The molecule has 0 aromatic heterocycles. The van der Waals surface area contributed by atoms with Crippen LogP contribution < -0.4 is 0 Å². The molecule has 0 aliphatic carbocycles. The molecule has 3 nitrogen and oxygen atoms in total. The summed E-state index contributed by atoms with van der Waals surface area (Å²) in [5.74, 6) is 0.770. The molecule has 1 saturated heterocycles. The molecular weight excluding hydrogens is 306 g/mol. The lowest BCUT2D eigenvalue weighted by Gasteiger charge is -2.31. The number of alkyl halides is 1. The first-order valence-electron chi connectivity index (χ1n) is 7.17. The molecule has 2 aromatic rings. The molecule has 1 atom stereocenters. The van der Waals surface area contributed by atoms with Gasteiger partial charge in [0.15, 0.2) is 0 Å². The predicted octanol–water partition coefficient (Wildman–Crippen LogP) is 3.48. The molecule has 0 saturated carbocycles. The van der Waals surface area contributed by atoms with E-state index in [2.05, 4.69) is 0 Å². The van der Waals surface area contributed by atoms with Crippen LogP contribution in [0.2, 0.25) is 0 Å². The van der Waals surface area contributed by atoms with Gasteiger partial charge in [0.1, 0.15) is 0 Å². The predicted molar refractivity (Wildman–Crippen MR) is 86.2 cm³/mol. The lowest BCUT2D eigenvalue weighted by Crippen LogP contribution is -2.40. The number of fused-ring (bicyclic) bond motifs is 1. The van der Waals surface area contributed by atoms with Crippen molar-refractivity contribution < 1.29 is 8.42 Å². The number of halogens is 1. The molecule has 0 radical (unpaired) electrons. The van der Waals surface area contributed by atoms with Crippen molar-refractivity contribution in [3.8, 4) is 0 Å². The summed E-state index contributed by atoms with van der Waals surface area (Å²) in [6, 6.07) is 13.0. The Labute approximate surface area is 130 Å². The third kappa shape index (κ3) is 2.80. The minimum atomic E-state index is -3.46. The van der Waals surface area contributed by atoms with Crippen molar-refractivity contribution in [1.82, 2.24) is 4.31 Å². The number of hydrogen-bond acceptors (Lipinski definition) is 2. The Hall–Kier alpha value is -1.10. The molecule has 0 N–H and O–H groups in total. The number of nitrogens with zero attached hydrogens (tertiary/aromatic N) is 1. The highest BCUT2D eigenvalue weighted by Gasteiger charge is 2.30. The first-order chi connectivity index (χ1) is 10.1. The maximum atomic E-state index is 12.9. The maximum absolute atomic E-state index is 12.9. The highest BCUT2D eigenvalue weighted by molar-refractivity contribution is 7.89. The van der Waals surface area contributed by atoms with Gasteiger partial charge in [0, 0.05) is 24.4 Å². The quantitative estimate of drug-likeness (QED) is 0.811. The molecule has 5 heteroatoms. The Balaban J connectivity index is 2.04. The molecular formula is C16H18ClNO2S. The van der Waals surface area contributed by atoms with Crippen molar-refractivity contribution in [2.75, 3.05) is 19.0 Å². The standard InChI is InChI=1S/C16H18ClNO2S/c17-11-13-5-4-10-18(12-13)21(19,20)16-9-3-7-14-6-1-2-8-15(14)16/h1-3,6-9,13H,4-5,10-12H2. The van der Waals surface area contributed by atoms with Gasteiger partial charge in [0.2, 0.25) is 10.0 Å². The van der Waals surface area contributed by atoms with Gasteiger partial charge < -0.3 is 0 Å². The van der Waals surface area contributed by atoms with Gasteiger partial charge in [-0.25, -0.2) is 8.42 Å². The molecule has 1 unspecified atom stereocenters. The largest absolute Gasteiger partial charge is 0.243 e. The van der Waals surface area contributed by atoms with Crippen LogP contribution in [0.3, 0.4) is 0 Å². The fourth-order valence-corrected chi connectivity index (χ4v) is 4.95. The Morgan fingerprint density at radius 1 is 1.14 bits per heavy atom. The SMILES string of the molecule is O=S(=O)(c1cccc2ccccc12)N1CCCC(CCl)C1. The van der Waals surface area contributed by atoms with Crippen molar-refractivity contribution >= 4 is 32.4 Å². The van der Waals surface area contributed by atoms with E-state index in [9.17, 15) is 8.42 Å². The van der Waals surface area contributed by atoms with Crippen LogP contribution in [0.4, 0.5) is 0 Å². The normalized spacial score (nSPS) is 20.7. The number of hydrogen-bond donors (Lipinski definition) is 0. The van der Waals surface area contributed by atoms with Gasteiger partial charge in [-0.05, 0) is 30.2 Å². The van der Waals surface area contributed by atoms with E-state index in [-0.39, 0.29) is 5.92 Å². The van der Waals surface area contributed by atoms with E-state index in [1.807, 2.05) is 30.3 Å². The number of rotatable bonds is 3. The van der Waals surface area contributed by atoms with E-state index in [0.29, 0.717) is 23.9 Å². The van der Waals surface area contributed by atoms with Crippen LogP contribution in [0.15, 0.2) is 47.4 Å². The maximum Gasteiger partial charge on any atom is 0.243 e. The molecule has 0 amide bonds. The molecule has 2 aromatic carbocycles. The second-order valence-corrected chi connectivity index (χ2v) is 7.72. The van der Waals surface area contributed by atoms with Crippen LogP contribution in [0.5, 0.6) is 0 Å². The molecule has 1 aliphatic rings. The molecule has 1 fully saturated rings. The van der Waals surface area contributed by atoms with Gasteiger partial charge in [-0.1, -0.05) is 36.4 Å². The molecule has 0 spiro atoms. The van der Waals surface area contributed by atoms with Gasteiger partial charge in [0.25, 0.3) is 0 Å². The summed E-state index contributed by atoms with van der Waals surface area (Å²) in [6.07, 6.45) is 1.88. The van der Waals surface area contributed by atoms with Gasteiger partial charge in [-0.3, -0.25) is 0 Å². The van der Waals surface area contributed by atoms with E-state index >= 15 is 0 Å². The second-order valence-electron chi connectivity index (χ2n) is 5.50. The lowest BCUT2D eigenvalue weighted by atomic mass is 10.0. The molecule has 3 rings (SSSR count). The number of sulfonamides is 1. The van der Waals surface area contributed by atoms with Gasteiger partial charge in [-0.15, -0.1) is 11.6 Å². The van der Waals surface area contributed by atoms with Gasteiger partial charge in [-0.2, -0.15) is 4.31 Å². The molecule has 0 bridgehead atoms. The lowest BCUT2D eigenvalue weighted by molar-refractivity contribution is 0.284. The Morgan fingerprint density at radius 2 is 1.90 bits per heavy atom. The van der Waals surface area contributed by atoms with E-state index in [1.54, 1.807) is 16.4 Å². The number of benzene rings is 2. The Kier molecular flexibility index (Phi) is 4.20. The summed E-state index contributed by atoms with van der Waals surface area (Å²) < 4.78 is 27.5. The molecule has 1 aliphatic heterocycles. The fourth-order valence-electron chi connectivity index (χ4n) is 2.93. The molecule has 1 heterocycles. The van der Waals surface area contributed by atoms with E-state index in [0.717, 1.165) is 23.6 Å². The van der Waals surface area contributed by atoms with Crippen molar-refractivity contribution in [3.63, 3.8) is 0 Å². The van der Waals surface area contributed by atoms with Crippen molar-refractivity contribution in [3.05, 3.63) is 42.5 Å². The van der Waals surface area contributed by atoms with Crippen LogP contribution in [0, 0.1) is 5.92 Å². The highest BCUT2D eigenvalue weighted by atomic mass is 35.5. The highest BCUT2D eigenvalue weighted by Crippen LogP contribution is 2.29. The first kappa shape index (κ1) is 14.8. The summed E-state index contributed by atoms with van der Waals surface area (Å²) in [5.41, 5.74) is 0. The van der Waals surface area contributed by atoms with Crippen molar-refractivity contribution in [2.24, 2.45) is 5.92 Å². The summed E-state index contributed by atoms with van der Waals surface area (Å²) in [7, 11) is -3.46. The number of piperidine rings is 1.